The predicted molar refractivity (Wildman–Crippen MR) is 110 cm³/mol. The van der Waals surface area contributed by atoms with Crippen LogP contribution >= 0.6 is 11.6 Å². The summed E-state index contributed by atoms with van der Waals surface area (Å²) in [5.41, 5.74) is 4.59. The van der Waals surface area contributed by atoms with Crippen LogP contribution in [0, 0.1) is 5.82 Å². The zero-order valence-electron chi connectivity index (χ0n) is 15.3. The fourth-order valence-electron chi connectivity index (χ4n) is 3.31. The van der Waals surface area contributed by atoms with E-state index in [4.69, 9.17) is 16.6 Å². The van der Waals surface area contributed by atoms with Crippen LogP contribution in [0.2, 0.25) is 5.02 Å². The normalized spacial score (nSPS) is 11.4. The van der Waals surface area contributed by atoms with E-state index in [1.807, 2.05) is 28.8 Å². The molecule has 4 heteroatoms. The van der Waals surface area contributed by atoms with Crippen LogP contribution in [-0.2, 0) is 6.54 Å². The second-order valence-corrected chi connectivity index (χ2v) is 7.39. The third-order valence-electron chi connectivity index (χ3n) is 4.87. The zero-order valence-corrected chi connectivity index (χ0v) is 16.0. The van der Waals surface area contributed by atoms with Gasteiger partial charge in [0.1, 0.15) is 11.6 Å². The average Bonchev–Trinajstić information content (AvgIpc) is 3.03. The first kappa shape index (κ1) is 17.7. The summed E-state index contributed by atoms with van der Waals surface area (Å²) in [5.74, 6) is 0.974. The van der Waals surface area contributed by atoms with Crippen molar-refractivity contribution in [3.63, 3.8) is 0 Å². The average molecular weight is 379 g/mol. The lowest BCUT2D eigenvalue weighted by atomic mass is 10.0. The summed E-state index contributed by atoms with van der Waals surface area (Å²) in [6.45, 7) is 4.67. The van der Waals surface area contributed by atoms with E-state index in [1.165, 1.54) is 11.6 Å². The van der Waals surface area contributed by atoms with Crippen LogP contribution in [0.15, 0.2) is 66.7 Å². The van der Waals surface area contributed by atoms with Gasteiger partial charge >= 0.3 is 0 Å². The van der Waals surface area contributed by atoms with Gasteiger partial charge < -0.3 is 4.57 Å². The highest BCUT2D eigenvalue weighted by atomic mass is 35.5. The van der Waals surface area contributed by atoms with Crippen molar-refractivity contribution in [2.75, 3.05) is 0 Å². The lowest BCUT2D eigenvalue weighted by molar-refractivity contribution is 0.602. The quantitative estimate of drug-likeness (QED) is 0.388. The number of hydrogen-bond donors (Lipinski definition) is 0. The Morgan fingerprint density at radius 2 is 1.70 bits per heavy atom. The maximum Gasteiger partial charge on any atom is 0.141 e. The van der Waals surface area contributed by atoms with Crippen molar-refractivity contribution in [2.24, 2.45) is 0 Å². The highest BCUT2D eigenvalue weighted by molar-refractivity contribution is 6.31. The van der Waals surface area contributed by atoms with E-state index in [1.54, 1.807) is 12.1 Å². The molecule has 4 aromatic rings. The van der Waals surface area contributed by atoms with Gasteiger partial charge in [0.15, 0.2) is 0 Å². The summed E-state index contributed by atoms with van der Waals surface area (Å²) in [4.78, 5) is 4.81. The van der Waals surface area contributed by atoms with Crippen molar-refractivity contribution in [3.8, 4) is 11.4 Å². The number of nitrogens with zero attached hydrogens (tertiary/aromatic N) is 2. The van der Waals surface area contributed by atoms with Gasteiger partial charge in [-0.25, -0.2) is 9.37 Å². The van der Waals surface area contributed by atoms with Crippen molar-refractivity contribution in [2.45, 2.75) is 26.3 Å². The van der Waals surface area contributed by atoms with Crippen LogP contribution in [-0.4, -0.2) is 9.55 Å². The highest BCUT2D eigenvalue weighted by Crippen LogP contribution is 2.29. The summed E-state index contributed by atoms with van der Waals surface area (Å²) in [6.07, 6.45) is 0. The summed E-state index contributed by atoms with van der Waals surface area (Å²) in [6, 6.07) is 21.1. The summed E-state index contributed by atoms with van der Waals surface area (Å²) < 4.78 is 16.4. The molecule has 0 saturated heterocycles. The maximum absolute atomic E-state index is 14.4. The zero-order chi connectivity index (χ0) is 19.0. The number of rotatable bonds is 4. The lowest BCUT2D eigenvalue weighted by Crippen LogP contribution is -2.05. The molecule has 3 aromatic carbocycles. The van der Waals surface area contributed by atoms with Crippen LogP contribution in [0.3, 0.4) is 0 Å². The molecule has 0 unspecified atom stereocenters. The van der Waals surface area contributed by atoms with E-state index in [2.05, 4.69) is 38.1 Å². The lowest BCUT2D eigenvalue weighted by Gasteiger charge is -2.12. The molecule has 4 rings (SSSR count). The van der Waals surface area contributed by atoms with Gasteiger partial charge in [-0.15, -0.1) is 0 Å². The van der Waals surface area contributed by atoms with Crippen molar-refractivity contribution in [3.05, 3.63) is 88.7 Å². The monoisotopic (exact) mass is 378 g/mol. The Morgan fingerprint density at radius 3 is 2.41 bits per heavy atom. The number of imidazole rings is 1. The molecule has 0 bridgehead atoms. The summed E-state index contributed by atoms with van der Waals surface area (Å²) in [7, 11) is 0. The van der Waals surface area contributed by atoms with E-state index in [0.717, 1.165) is 22.4 Å². The third kappa shape index (κ3) is 3.35. The fraction of sp³-hybridized carbons (Fsp3) is 0.174. The minimum Gasteiger partial charge on any atom is -0.319 e. The Bertz CT molecular complexity index is 1080. The van der Waals surface area contributed by atoms with E-state index in [0.29, 0.717) is 23.0 Å². The largest absolute Gasteiger partial charge is 0.319 e. The molecule has 0 fully saturated rings. The molecule has 0 spiro atoms. The second-order valence-electron chi connectivity index (χ2n) is 6.99. The Kier molecular flexibility index (Phi) is 4.71. The van der Waals surface area contributed by atoms with E-state index >= 15 is 0 Å². The van der Waals surface area contributed by atoms with E-state index < -0.39 is 0 Å². The van der Waals surface area contributed by atoms with E-state index in [-0.39, 0.29) is 5.82 Å². The summed E-state index contributed by atoms with van der Waals surface area (Å²) in [5, 5.41) is 0.425. The Balaban J connectivity index is 1.87. The molecular weight excluding hydrogens is 359 g/mol. The molecular formula is C23H20ClFN2. The SMILES string of the molecule is CC(C)c1ccc(-c2nc3ccccc3n2Cc2c(F)cccc2Cl)cc1. The Morgan fingerprint density at radius 1 is 0.963 bits per heavy atom. The van der Waals surface area contributed by atoms with Crippen LogP contribution in [0.4, 0.5) is 4.39 Å². The first-order chi connectivity index (χ1) is 13.0. The minimum absolute atomic E-state index is 0.304. The van der Waals surface area contributed by atoms with Gasteiger partial charge in [0.25, 0.3) is 0 Å². The molecule has 0 amide bonds. The molecule has 0 aliphatic heterocycles. The standard InChI is InChI=1S/C23H20ClFN2/c1-15(2)16-10-12-17(13-11-16)23-26-21-8-3-4-9-22(21)27(23)14-18-19(24)6-5-7-20(18)25/h3-13,15H,14H2,1-2H3. The van der Waals surface area contributed by atoms with Crippen molar-refractivity contribution < 1.29 is 4.39 Å². The number of fused-ring (bicyclic) bond motifs is 1. The minimum atomic E-state index is -0.304. The van der Waals surface area contributed by atoms with Gasteiger partial charge in [-0.3, -0.25) is 0 Å². The highest BCUT2D eigenvalue weighted by Gasteiger charge is 2.16. The molecule has 1 aromatic heterocycles. The van der Waals surface area contributed by atoms with Crippen LogP contribution in [0.5, 0.6) is 0 Å². The van der Waals surface area contributed by atoms with Gasteiger partial charge in [0, 0.05) is 16.1 Å². The van der Waals surface area contributed by atoms with Crippen LogP contribution in [0.1, 0.15) is 30.9 Å². The third-order valence-corrected chi connectivity index (χ3v) is 5.22. The molecule has 2 nitrogen and oxygen atoms in total. The molecule has 0 radical (unpaired) electrons. The molecule has 0 aliphatic rings. The van der Waals surface area contributed by atoms with Crippen molar-refractivity contribution in [1.82, 2.24) is 9.55 Å². The van der Waals surface area contributed by atoms with Crippen LogP contribution in [0.25, 0.3) is 22.4 Å². The molecule has 136 valence electrons. The Hall–Kier alpha value is -2.65. The van der Waals surface area contributed by atoms with Gasteiger partial charge in [-0.05, 0) is 35.7 Å². The number of para-hydroxylation sites is 2. The topological polar surface area (TPSA) is 17.8 Å². The maximum atomic E-state index is 14.4. The number of halogens is 2. The molecule has 1 heterocycles. The number of benzene rings is 3. The van der Waals surface area contributed by atoms with Gasteiger partial charge in [0.2, 0.25) is 0 Å². The molecule has 0 atom stereocenters. The van der Waals surface area contributed by atoms with Crippen molar-refractivity contribution in [1.29, 1.82) is 0 Å². The van der Waals surface area contributed by atoms with Gasteiger partial charge in [0.05, 0.1) is 17.6 Å². The first-order valence-corrected chi connectivity index (χ1v) is 9.41. The summed E-state index contributed by atoms with van der Waals surface area (Å²) >= 11 is 6.28. The fourth-order valence-corrected chi connectivity index (χ4v) is 3.54. The molecule has 0 saturated carbocycles. The number of aromatic nitrogens is 2. The number of hydrogen-bond acceptors (Lipinski definition) is 1. The van der Waals surface area contributed by atoms with Crippen LogP contribution < -0.4 is 0 Å². The van der Waals surface area contributed by atoms with Gasteiger partial charge in [-0.1, -0.05) is 67.9 Å². The predicted octanol–water partition coefficient (Wildman–Crippen LogP) is 6.67. The molecule has 27 heavy (non-hydrogen) atoms. The second kappa shape index (κ2) is 7.16. The van der Waals surface area contributed by atoms with Gasteiger partial charge in [-0.2, -0.15) is 0 Å². The molecule has 0 aliphatic carbocycles. The smallest absolute Gasteiger partial charge is 0.141 e. The molecule has 0 N–H and O–H groups in total. The first-order valence-electron chi connectivity index (χ1n) is 9.03. The van der Waals surface area contributed by atoms with E-state index in [9.17, 15) is 4.39 Å². The Labute approximate surface area is 163 Å². The van der Waals surface area contributed by atoms with Crippen molar-refractivity contribution >= 4 is 22.6 Å².